The van der Waals surface area contributed by atoms with Crippen LogP contribution >= 0.6 is 0 Å². The Hall–Kier alpha value is -3.63. The van der Waals surface area contributed by atoms with Gasteiger partial charge < -0.3 is 14.5 Å². The fraction of sp³-hybridized carbons (Fsp3) is 0.263. The zero-order valence-corrected chi connectivity index (χ0v) is 15.9. The first-order chi connectivity index (χ1) is 14.5. The van der Waals surface area contributed by atoms with Gasteiger partial charge in [0.15, 0.2) is 29.0 Å². The molecule has 156 valence electrons. The van der Waals surface area contributed by atoms with E-state index < -0.39 is 34.7 Å². The highest BCUT2D eigenvalue weighted by atomic mass is 19.2. The average molecular weight is 418 g/mol. The minimum absolute atomic E-state index is 0.252. The molecular formula is C19H17F3N6O2. The molecule has 30 heavy (non-hydrogen) atoms. The Morgan fingerprint density at radius 1 is 1.03 bits per heavy atom. The molecule has 4 rings (SSSR count). The number of aromatic nitrogens is 4. The number of nitrogens with zero attached hydrogens (tertiary/aromatic N) is 6. The summed E-state index contributed by atoms with van der Waals surface area (Å²) in [4.78, 5) is 16.0. The summed E-state index contributed by atoms with van der Waals surface area (Å²) in [7, 11) is 1.01. The van der Waals surface area contributed by atoms with Gasteiger partial charge in [-0.2, -0.15) is 9.49 Å². The molecule has 0 bridgehead atoms. The fourth-order valence-electron chi connectivity index (χ4n) is 3.24. The second-order valence-electron chi connectivity index (χ2n) is 6.55. The third-order valence-electron chi connectivity index (χ3n) is 4.82. The van der Waals surface area contributed by atoms with Crippen LogP contribution in [0.3, 0.4) is 0 Å². The second-order valence-corrected chi connectivity index (χ2v) is 6.55. The van der Waals surface area contributed by atoms with Crippen LogP contribution in [0.4, 0.5) is 19.0 Å². The minimum Gasteiger partial charge on any atom is -0.491 e. The van der Waals surface area contributed by atoms with Crippen molar-refractivity contribution in [2.24, 2.45) is 0 Å². The van der Waals surface area contributed by atoms with Crippen LogP contribution in [-0.2, 0) is 0 Å². The summed E-state index contributed by atoms with van der Waals surface area (Å²) in [6.07, 6.45) is 3.39. The van der Waals surface area contributed by atoms with E-state index in [9.17, 15) is 18.0 Å². The number of benzene rings is 1. The average Bonchev–Trinajstić information content (AvgIpc) is 3.31. The number of ether oxygens (including phenoxy) is 1. The van der Waals surface area contributed by atoms with Gasteiger partial charge in [-0.05, 0) is 24.3 Å². The van der Waals surface area contributed by atoms with Gasteiger partial charge in [0.2, 0.25) is 5.82 Å². The Kier molecular flexibility index (Phi) is 5.25. The molecule has 0 unspecified atom stereocenters. The van der Waals surface area contributed by atoms with E-state index in [0.717, 1.165) is 7.11 Å². The monoisotopic (exact) mass is 418 g/mol. The first-order valence-corrected chi connectivity index (χ1v) is 9.09. The molecule has 1 aromatic carbocycles. The quantitative estimate of drug-likeness (QED) is 0.604. The molecule has 1 aliphatic rings. The van der Waals surface area contributed by atoms with Crippen LogP contribution in [-0.4, -0.2) is 64.1 Å². The van der Waals surface area contributed by atoms with Gasteiger partial charge in [-0.3, -0.25) is 4.79 Å². The maximum atomic E-state index is 14.4. The van der Waals surface area contributed by atoms with Crippen LogP contribution in [0.5, 0.6) is 5.75 Å². The number of hydrogen-bond donors (Lipinski definition) is 0. The van der Waals surface area contributed by atoms with E-state index >= 15 is 0 Å². The predicted molar refractivity (Wildman–Crippen MR) is 100 cm³/mol. The van der Waals surface area contributed by atoms with Crippen LogP contribution < -0.4 is 9.64 Å². The summed E-state index contributed by atoms with van der Waals surface area (Å²) < 4.78 is 47.9. The molecule has 0 N–H and O–H groups in total. The van der Waals surface area contributed by atoms with Gasteiger partial charge in [-0.25, -0.2) is 13.5 Å². The fourth-order valence-corrected chi connectivity index (χ4v) is 3.24. The van der Waals surface area contributed by atoms with E-state index in [1.54, 1.807) is 35.3 Å². The summed E-state index contributed by atoms with van der Waals surface area (Å²) in [6, 6.07) is 5.90. The standard InChI is InChI=1S/C19H17F3N6O2/c1-30-18-16(21)12(11-13(20)17(18)22)19(29)27-9-7-26(8-10-27)14-3-4-15(25-24-14)28-6-2-5-23-28/h2-6,11H,7-10H2,1H3. The van der Waals surface area contributed by atoms with Gasteiger partial charge in [0.1, 0.15) is 0 Å². The highest BCUT2D eigenvalue weighted by Crippen LogP contribution is 2.28. The molecule has 1 amide bonds. The maximum Gasteiger partial charge on any atom is 0.257 e. The van der Waals surface area contributed by atoms with Crippen LogP contribution in [0.2, 0.25) is 0 Å². The number of carbonyl (C=O) groups excluding carboxylic acids is 1. The van der Waals surface area contributed by atoms with Gasteiger partial charge in [0.25, 0.3) is 5.91 Å². The SMILES string of the molecule is COc1c(F)c(F)cc(C(=O)N2CCN(c3ccc(-n4cccn4)nn3)CC2)c1F. The van der Waals surface area contributed by atoms with E-state index in [0.29, 0.717) is 30.8 Å². The van der Waals surface area contributed by atoms with Crippen molar-refractivity contribution >= 4 is 11.7 Å². The molecular weight excluding hydrogens is 401 g/mol. The minimum atomic E-state index is -1.46. The summed E-state index contributed by atoms with van der Waals surface area (Å²) in [5, 5.41) is 12.4. The Labute approximate surface area is 169 Å². The van der Waals surface area contributed by atoms with Crippen molar-refractivity contribution in [3.8, 4) is 11.6 Å². The number of carbonyl (C=O) groups is 1. The van der Waals surface area contributed by atoms with Crippen molar-refractivity contribution in [2.45, 2.75) is 0 Å². The van der Waals surface area contributed by atoms with Crippen LogP contribution in [0.25, 0.3) is 5.82 Å². The molecule has 0 aliphatic carbocycles. The highest BCUT2D eigenvalue weighted by Gasteiger charge is 2.29. The van der Waals surface area contributed by atoms with Crippen LogP contribution in [0.15, 0.2) is 36.7 Å². The number of amides is 1. The van der Waals surface area contributed by atoms with Gasteiger partial charge in [0, 0.05) is 38.6 Å². The molecule has 3 heterocycles. The van der Waals surface area contributed by atoms with Crippen LogP contribution in [0.1, 0.15) is 10.4 Å². The lowest BCUT2D eigenvalue weighted by atomic mass is 10.1. The predicted octanol–water partition coefficient (Wildman–Crippen LogP) is 2.05. The van der Waals surface area contributed by atoms with Gasteiger partial charge in [-0.15, -0.1) is 10.2 Å². The summed E-state index contributed by atoms with van der Waals surface area (Å²) in [5.41, 5.74) is -0.567. The van der Waals surface area contributed by atoms with E-state index in [-0.39, 0.29) is 13.1 Å². The molecule has 1 saturated heterocycles. The van der Waals surface area contributed by atoms with Crippen molar-refractivity contribution in [2.75, 3.05) is 38.2 Å². The van der Waals surface area contributed by atoms with Crippen molar-refractivity contribution in [3.63, 3.8) is 0 Å². The Morgan fingerprint density at radius 3 is 2.33 bits per heavy atom. The first-order valence-electron chi connectivity index (χ1n) is 9.09. The molecule has 1 fully saturated rings. The molecule has 11 heteroatoms. The number of piperazine rings is 1. The van der Waals surface area contributed by atoms with E-state index in [1.165, 1.54) is 4.90 Å². The van der Waals surface area contributed by atoms with Crippen LogP contribution in [0, 0.1) is 17.5 Å². The zero-order valence-electron chi connectivity index (χ0n) is 15.9. The molecule has 8 nitrogen and oxygen atoms in total. The topological polar surface area (TPSA) is 76.4 Å². The second kappa shape index (κ2) is 8.01. The van der Waals surface area contributed by atoms with E-state index in [4.69, 9.17) is 0 Å². The normalized spacial score (nSPS) is 14.1. The lowest BCUT2D eigenvalue weighted by molar-refractivity contribution is 0.0740. The van der Waals surface area contributed by atoms with Gasteiger partial charge in [-0.1, -0.05) is 0 Å². The smallest absolute Gasteiger partial charge is 0.257 e. The van der Waals surface area contributed by atoms with Gasteiger partial charge >= 0.3 is 0 Å². The Balaban J connectivity index is 1.45. The number of halogens is 3. The third kappa shape index (κ3) is 3.53. The van der Waals surface area contributed by atoms with E-state index in [2.05, 4.69) is 20.0 Å². The third-order valence-corrected chi connectivity index (χ3v) is 4.82. The molecule has 2 aromatic heterocycles. The number of rotatable bonds is 4. The molecule has 0 saturated carbocycles. The first kappa shape index (κ1) is 19.7. The number of anilines is 1. The lowest BCUT2D eigenvalue weighted by Crippen LogP contribution is -2.49. The molecule has 3 aromatic rings. The number of methoxy groups -OCH3 is 1. The Bertz CT molecular complexity index is 1050. The molecule has 0 radical (unpaired) electrons. The van der Waals surface area contributed by atoms with E-state index in [1.807, 2.05) is 4.90 Å². The zero-order chi connectivity index (χ0) is 21.3. The highest BCUT2D eigenvalue weighted by molar-refractivity contribution is 5.95. The summed E-state index contributed by atoms with van der Waals surface area (Å²) in [5.74, 6) is -4.48. The maximum absolute atomic E-state index is 14.4. The molecule has 1 aliphatic heterocycles. The van der Waals surface area contributed by atoms with Crippen molar-refractivity contribution < 1.29 is 22.7 Å². The number of hydrogen-bond acceptors (Lipinski definition) is 6. The van der Waals surface area contributed by atoms with Crippen molar-refractivity contribution in [3.05, 3.63) is 59.7 Å². The summed E-state index contributed by atoms with van der Waals surface area (Å²) >= 11 is 0. The lowest BCUT2D eigenvalue weighted by Gasteiger charge is -2.35. The van der Waals surface area contributed by atoms with Crippen molar-refractivity contribution in [1.82, 2.24) is 24.9 Å². The molecule has 0 atom stereocenters. The summed E-state index contributed by atoms with van der Waals surface area (Å²) in [6.45, 7) is 1.35. The Morgan fingerprint density at radius 2 is 1.73 bits per heavy atom. The van der Waals surface area contributed by atoms with Gasteiger partial charge in [0.05, 0.1) is 12.7 Å². The molecule has 0 spiro atoms. The largest absolute Gasteiger partial charge is 0.491 e. The van der Waals surface area contributed by atoms with Crippen molar-refractivity contribution in [1.29, 1.82) is 0 Å².